The molecule has 5 heteroatoms. The number of nitrogens with zero attached hydrogens (tertiary/aromatic N) is 2. The van der Waals surface area contributed by atoms with Gasteiger partial charge in [0.05, 0.1) is 18.8 Å². The molecule has 2 heterocycles. The second kappa shape index (κ2) is 5.60. The second-order valence-corrected chi connectivity index (χ2v) is 5.44. The lowest BCUT2D eigenvalue weighted by atomic mass is 10.1. The number of aromatic nitrogens is 1. The van der Waals surface area contributed by atoms with Gasteiger partial charge in [0.15, 0.2) is 0 Å². The van der Waals surface area contributed by atoms with Gasteiger partial charge in [0.25, 0.3) is 5.91 Å². The molecular formula is C16H18N2O3. The van der Waals surface area contributed by atoms with Crippen molar-refractivity contribution < 1.29 is 14.1 Å². The fourth-order valence-corrected chi connectivity index (χ4v) is 2.44. The van der Waals surface area contributed by atoms with Crippen LogP contribution in [0.1, 0.15) is 35.5 Å². The summed E-state index contributed by atoms with van der Waals surface area (Å²) in [4.78, 5) is 14.3. The van der Waals surface area contributed by atoms with E-state index in [2.05, 4.69) is 5.16 Å². The molecule has 21 heavy (non-hydrogen) atoms. The summed E-state index contributed by atoms with van der Waals surface area (Å²) in [6.45, 7) is 5.17. The number of amides is 1. The number of carbonyl (C=O) groups excluding carboxylic acids is 1. The van der Waals surface area contributed by atoms with Gasteiger partial charge >= 0.3 is 0 Å². The van der Waals surface area contributed by atoms with Crippen molar-refractivity contribution in [2.75, 3.05) is 6.54 Å². The van der Waals surface area contributed by atoms with Gasteiger partial charge in [-0.25, -0.2) is 0 Å². The van der Waals surface area contributed by atoms with Gasteiger partial charge in [-0.15, -0.1) is 0 Å². The van der Waals surface area contributed by atoms with E-state index >= 15 is 0 Å². The zero-order valence-corrected chi connectivity index (χ0v) is 12.2. The Labute approximate surface area is 123 Å². The van der Waals surface area contributed by atoms with Crippen LogP contribution in [0.4, 0.5) is 0 Å². The first kappa shape index (κ1) is 13.7. The largest absolute Gasteiger partial charge is 0.491 e. The normalized spacial score (nSPS) is 14.1. The van der Waals surface area contributed by atoms with Crippen molar-refractivity contribution in [2.45, 2.75) is 32.9 Å². The first-order valence-corrected chi connectivity index (χ1v) is 7.12. The summed E-state index contributed by atoms with van der Waals surface area (Å²) in [5.74, 6) is 1.69. The molecule has 1 amide bonds. The molecular weight excluding hydrogens is 268 g/mol. The third-order valence-corrected chi connectivity index (χ3v) is 3.46. The molecule has 0 atom stereocenters. The molecule has 0 fully saturated rings. The first-order chi connectivity index (χ1) is 10.1. The van der Waals surface area contributed by atoms with Gasteiger partial charge in [0, 0.05) is 24.1 Å². The number of carbonyl (C=O) groups is 1. The topological polar surface area (TPSA) is 55.6 Å². The lowest BCUT2D eigenvalue weighted by Crippen LogP contribution is -2.35. The Bertz CT molecular complexity index is 631. The number of rotatable bonds is 3. The van der Waals surface area contributed by atoms with E-state index in [1.54, 1.807) is 6.20 Å². The van der Waals surface area contributed by atoms with Crippen LogP contribution in [0.5, 0.6) is 5.75 Å². The average molecular weight is 286 g/mol. The molecule has 0 unspecified atom stereocenters. The van der Waals surface area contributed by atoms with Crippen LogP contribution >= 0.6 is 0 Å². The van der Waals surface area contributed by atoms with Gasteiger partial charge in [0.2, 0.25) is 0 Å². The zero-order chi connectivity index (χ0) is 14.8. The molecule has 0 spiro atoms. The summed E-state index contributed by atoms with van der Waals surface area (Å²) >= 11 is 0. The number of hydrogen-bond donors (Lipinski definition) is 0. The minimum Gasteiger partial charge on any atom is -0.491 e. The first-order valence-electron chi connectivity index (χ1n) is 7.12. The van der Waals surface area contributed by atoms with E-state index in [9.17, 15) is 4.79 Å². The highest BCUT2D eigenvalue weighted by Gasteiger charge is 2.24. The summed E-state index contributed by atoms with van der Waals surface area (Å²) in [5, 5.41) is 3.78. The zero-order valence-electron chi connectivity index (χ0n) is 12.2. The quantitative estimate of drug-likeness (QED) is 0.870. The summed E-state index contributed by atoms with van der Waals surface area (Å²) in [6.07, 6.45) is 2.53. The van der Waals surface area contributed by atoms with Crippen molar-refractivity contribution in [3.8, 4) is 5.75 Å². The smallest absolute Gasteiger partial charge is 0.254 e. The molecule has 110 valence electrons. The van der Waals surface area contributed by atoms with E-state index in [1.807, 2.05) is 43.0 Å². The van der Waals surface area contributed by atoms with Crippen LogP contribution in [0.25, 0.3) is 0 Å². The van der Waals surface area contributed by atoms with Crippen molar-refractivity contribution in [1.82, 2.24) is 10.1 Å². The summed E-state index contributed by atoms with van der Waals surface area (Å²) in [5.41, 5.74) is 1.67. The Morgan fingerprint density at radius 1 is 1.33 bits per heavy atom. The van der Waals surface area contributed by atoms with E-state index in [-0.39, 0.29) is 12.0 Å². The molecule has 1 aliphatic heterocycles. The molecule has 1 aromatic carbocycles. The number of ether oxygens (including phenoxy) is 1. The highest BCUT2D eigenvalue weighted by Crippen LogP contribution is 2.21. The highest BCUT2D eigenvalue weighted by molar-refractivity contribution is 5.94. The maximum absolute atomic E-state index is 12.5. The van der Waals surface area contributed by atoms with Crippen LogP contribution in [0.3, 0.4) is 0 Å². The van der Waals surface area contributed by atoms with Crippen LogP contribution < -0.4 is 4.74 Å². The molecule has 2 aromatic rings. The fraction of sp³-hybridized carbons (Fsp3) is 0.375. The second-order valence-electron chi connectivity index (χ2n) is 5.44. The lowest BCUT2D eigenvalue weighted by molar-refractivity contribution is 0.0729. The van der Waals surface area contributed by atoms with E-state index in [1.165, 1.54) is 0 Å². The van der Waals surface area contributed by atoms with Crippen LogP contribution in [0.2, 0.25) is 0 Å². The predicted octanol–water partition coefficient (Wildman–Crippen LogP) is 2.66. The predicted molar refractivity (Wildman–Crippen MR) is 77.2 cm³/mol. The SMILES string of the molecule is CC(C)Oc1ccc(C(=O)N2CCc3oncc3C2)cc1. The molecule has 0 aliphatic carbocycles. The van der Waals surface area contributed by atoms with Crippen molar-refractivity contribution in [3.05, 3.63) is 47.3 Å². The van der Waals surface area contributed by atoms with Crippen LogP contribution in [0.15, 0.2) is 35.0 Å². The number of hydrogen-bond acceptors (Lipinski definition) is 4. The molecule has 0 bridgehead atoms. The molecule has 5 nitrogen and oxygen atoms in total. The third kappa shape index (κ3) is 2.91. The molecule has 1 aliphatic rings. The summed E-state index contributed by atoms with van der Waals surface area (Å²) in [6, 6.07) is 7.29. The van der Waals surface area contributed by atoms with Gasteiger partial charge in [-0.1, -0.05) is 5.16 Å². The standard InChI is InChI=1S/C16H18N2O3/c1-11(2)20-14-5-3-12(4-6-14)16(19)18-8-7-15-13(10-18)9-17-21-15/h3-6,9,11H,7-8,10H2,1-2H3. The van der Waals surface area contributed by atoms with Gasteiger partial charge in [-0.05, 0) is 38.1 Å². The van der Waals surface area contributed by atoms with Crippen LogP contribution in [-0.2, 0) is 13.0 Å². The minimum absolute atomic E-state index is 0.0259. The summed E-state index contributed by atoms with van der Waals surface area (Å²) < 4.78 is 10.7. The Balaban J connectivity index is 1.71. The molecule has 0 N–H and O–H groups in total. The molecule has 0 saturated heterocycles. The van der Waals surface area contributed by atoms with Gasteiger partial charge < -0.3 is 14.2 Å². The van der Waals surface area contributed by atoms with Crippen LogP contribution in [0, 0.1) is 0 Å². The van der Waals surface area contributed by atoms with E-state index in [0.717, 1.165) is 23.5 Å². The van der Waals surface area contributed by atoms with Crippen molar-refractivity contribution in [2.24, 2.45) is 0 Å². The lowest BCUT2D eigenvalue weighted by Gasteiger charge is -2.25. The van der Waals surface area contributed by atoms with Gasteiger partial charge in [-0.3, -0.25) is 4.79 Å². The minimum atomic E-state index is 0.0259. The van der Waals surface area contributed by atoms with Crippen molar-refractivity contribution in [1.29, 1.82) is 0 Å². The van der Waals surface area contributed by atoms with E-state index in [4.69, 9.17) is 9.26 Å². The molecule has 0 saturated carbocycles. The Morgan fingerprint density at radius 3 is 2.81 bits per heavy atom. The number of benzene rings is 1. The monoisotopic (exact) mass is 286 g/mol. The maximum atomic E-state index is 12.5. The van der Waals surface area contributed by atoms with Crippen molar-refractivity contribution >= 4 is 5.91 Å². The third-order valence-electron chi connectivity index (χ3n) is 3.46. The summed E-state index contributed by atoms with van der Waals surface area (Å²) in [7, 11) is 0. The molecule has 3 rings (SSSR count). The van der Waals surface area contributed by atoms with Gasteiger partial charge in [0.1, 0.15) is 11.5 Å². The highest BCUT2D eigenvalue weighted by atomic mass is 16.5. The van der Waals surface area contributed by atoms with Gasteiger partial charge in [-0.2, -0.15) is 0 Å². The number of fused-ring (bicyclic) bond motifs is 1. The Hall–Kier alpha value is -2.30. The fourth-order valence-electron chi connectivity index (χ4n) is 2.44. The average Bonchev–Trinajstić information content (AvgIpc) is 2.94. The molecule has 1 aromatic heterocycles. The Morgan fingerprint density at radius 2 is 2.10 bits per heavy atom. The Kier molecular flexibility index (Phi) is 3.64. The maximum Gasteiger partial charge on any atom is 0.254 e. The van der Waals surface area contributed by atoms with Crippen LogP contribution in [-0.4, -0.2) is 28.6 Å². The van der Waals surface area contributed by atoms with E-state index < -0.39 is 0 Å². The van der Waals surface area contributed by atoms with Crippen molar-refractivity contribution in [3.63, 3.8) is 0 Å². The van der Waals surface area contributed by atoms with E-state index in [0.29, 0.717) is 18.7 Å². The molecule has 0 radical (unpaired) electrons.